The Morgan fingerprint density at radius 3 is 2.50 bits per heavy atom. The van der Waals surface area contributed by atoms with Crippen molar-refractivity contribution in [1.29, 1.82) is 0 Å². The van der Waals surface area contributed by atoms with E-state index in [-0.39, 0.29) is 11.9 Å². The number of hydrogen-bond acceptors (Lipinski definition) is 1. The van der Waals surface area contributed by atoms with E-state index in [1.54, 1.807) is 0 Å². The largest absolute Gasteiger partial charge is 0.487 e. The Kier molecular flexibility index (Phi) is 3.50. The molecule has 1 aromatic rings. The molecule has 0 N–H and O–H groups in total. The van der Waals surface area contributed by atoms with Gasteiger partial charge in [0.1, 0.15) is 0 Å². The van der Waals surface area contributed by atoms with E-state index in [1.165, 1.54) is 6.07 Å². The van der Waals surface area contributed by atoms with Crippen LogP contribution in [0.15, 0.2) is 12.1 Å². The predicted octanol–water partition coefficient (Wildman–Crippen LogP) is 3.62. The number of halogens is 1. The van der Waals surface area contributed by atoms with E-state index in [0.717, 1.165) is 17.5 Å². The average molecular weight is 196 g/mol. The molecule has 0 fully saturated rings. The summed E-state index contributed by atoms with van der Waals surface area (Å²) < 4.78 is 19.0. The molecule has 0 bridgehead atoms. The molecule has 0 heterocycles. The van der Waals surface area contributed by atoms with E-state index in [9.17, 15) is 4.39 Å². The molecule has 1 nitrogen and oxygen atoms in total. The maximum Gasteiger partial charge on any atom is 0.165 e. The van der Waals surface area contributed by atoms with E-state index < -0.39 is 0 Å². The minimum Gasteiger partial charge on any atom is -0.487 e. The lowest BCUT2D eigenvalue weighted by Gasteiger charge is -2.15. The van der Waals surface area contributed by atoms with Crippen LogP contribution in [0.5, 0.6) is 5.75 Å². The molecule has 0 aromatic heterocycles. The van der Waals surface area contributed by atoms with E-state index in [0.29, 0.717) is 5.75 Å². The van der Waals surface area contributed by atoms with Gasteiger partial charge in [0.15, 0.2) is 11.6 Å². The van der Waals surface area contributed by atoms with Gasteiger partial charge in [-0.2, -0.15) is 0 Å². The van der Waals surface area contributed by atoms with Crippen LogP contribution >= 0.6 is 0 Å². The summed E-state index contributed by atoms with van der Waals surface area (Å²) >= 11 is 0. The van der Waals surface area contributed by atoms with Gasteiger partial charge in [0.05, 0.1) is 6.10 Å². The van der Waals surface area contributed by atoms with Gasteiger partial charge < -0.3 is 4.74 Å². The van der Waals surface area contributed by atoms with Crippen molar-refractivity contribution in [3.63, 3.8) is 0 Å². The van der Waals surface area contributed by atoms with Crippen molar-refractivity contribution in [2.24, 2.45) is 0 Å². The summed E-state index contributed by atoms with van der Waals surface area (Å²) in [6.45, 7) is 7.71. The van der Waals surface area contributed by atoms with Crippen molar-refractivity contribution in [1.82, 2.24) is 0 Å². The highest BCUT2D eigenvalue weighted by molar-refractivity contribution is 5.37. The van der Waals surface area contributed by atoms with Gasteiger partial charge >= 0.3 is 0 Å². The van der Waals surface area contributed by atoms with Crippen molar-refractivity contribution < 1.29 is 9.13 Å². The Morgan fingerprint density at radius 2 is 2.00 bits per heavy atom. The molecule has 0 saturated carbocycles. The quantitative estimate of drug-likeness (QED) is 0.717. The highest BCUT2D eigenvalue weighted by atomic mass is 19.1. The molecule has 14 heavy (non-hydrogen) atoms. The van der Waals surface area contributed by atoms with Crippen molar-refractivity contribution in [3.05, 3.63) is 29.1 Å². The summed E-state index contributed by atoms with van der Waals surface area (Å²) in [7, 11) is 0. The Balaban J connectivity index is 2.96. The summed E-state index contributed by atoms with van der Waals surface area (Å²) in [5, 5.41) is 0. The third-order valence-corrected chi connectivity index (χ3v) is 2.27. The van der Waals surface area contributed by atoms with Crippen LogP contribution in [0.2, 0.25) is 0 Å². The van der Waals surface area contributed by atoms with Gasteiger partial charge in [-0.25, -0.2) is 4.39 Å². The minimum atomic E-state index is -0.261. The zero-order valence-electron chi connectivity index (χ0n) is 9.23. The minimum absolute atomic E-state index is 0.0610. The Labute approximate surface area is 84.9 Å². The van der Waals surface area contributed by atoms with Gasteiger partial charge in [0.2, 0.25) is 0 Å². The summed E-state index contributed by atoms with van der Waals surface area (Å²) in [5.41, 5.74) is 1.79. The van der Waals surface area contributed by atoms with Gasteiger partial charge in [0.25, 0.3) is 0 Å². The normalized spacial score (nSPS) is 12.6. The van der Waals surface area contributed by atoms with Crippen LogP contribution in [-0.2, 0) is 0 Å². The highest BCUT2D eigenvalue weighted by Gasteiger charge is 2.10. The fraction of sp³-hybridized carbons (Fsp3) is 0.500. The van der Waals surface area contributed by atoms with Crippen LogP contribution in [0.25, 0.3) is 0 Å². The standard InChI is InChI=1S/C12H17FO/c1-5-10(4)14-12-9(3)6-8(2)7-11(12)13/h6-7,10H,5H2,1-4H3/t10-/m0/s1. The summed E-state index contributed by atoms with van der Waals surface area (Å²) in [4.78, 5) is 0. The number of hydrogen-bond donors (Lipinski definition) is 0. The summed E-state index contributed by atoms with van der Waals surface area (Å²) in [6.07, 6.45) is 0.943. The maximum absolute atomic E-state index is 13.5. The summed E-state index contributed by atoms with van der Waals surface area (Å²) in [5.74, 6) is 0.132. The molecule has 1 rings (SSSR count). The molecule has 0 aliphatic heterocycles. The van der Waals surface area contributed by atoms with Gasteiger partial charge in [-0.1, -0.05) is 13.0 Å². The fourth-order valence-electron chi connectivity index (χ4n) is 1.34. The number of aryl methyl sites for hydroxylation is 2. The first-order valence-electron chi connectivity index (χ1n) is 4.98. The van der Waals surface area contributed by atoms with Crippen LogP contribution < -0.4 is 4.74 Å². The fourth-order valence-corrected chi connectivity index (χ4v) is 1.34. The first kappa shape index (κ1) is 11.0. The second kappa shape index (κ2) is 4.45. The van der Waals surface area contributed by atoms with E-state index in [2.05, 4.69) is 0 Å². The zero-order valence-corrected chi connectivity index (χ0v) is 9.23. The van der Waals surface area contributed by atoms with Crippen molar-refractivity contribution in [2.45, 2.75) is 40.2 Å². The third kappa shape index (κ3) is 2.47. The molecule has 0 aliphatic rings. The molecule has 0 radical (unpaired) electrons. The van der Waals surface area contributed by atoms with Gasteiger partial charge in [0, 0.05) is 0 Å². The maximum atomic E-state index is 13.5. The van der Waals surface area contributed by atoms with Gasteiger partial charge in [-0.15, -0.1) is 0 Å². The molecule has 0 spiro atoms. The topological polar surface area (TPSA) is 9.23 Å². The van der Waals surface area contributed by atoms with Crippen molar-refractivity contribution in [2.75, 3.05) is 0 Å². The molecule has 2 heteroatoms. The molecule has 1 aromatic carbocycles. The van der Waals surface area contributed by atoms with Gasteiger partial charge in [-0.05, 0) is 44.4 Å². The number of rotatable bonds is 3. The van der Waals surface area contributed by atoms with Crippen LogP contribution in [0.3, 0.4) is 0 Å². The molecule has 1 atom stereocenters. The third-order valence-electron chi connectivity index (χ3n) is 2.27. The molecule has 78 valence electrons. The molecular weight excluding hydrogens is 179 g/mol. The molecular formula is C12H17FO. The zero-order chi connectivity index (χ0) is 10.7. The average Bonchev–Trinajstić information content (AvgIpc) is 2.10. The smallest absolute Gasteiger partial charge is 0.165 e. The van der Waals surface area contributed by atoms with Gasteiger partial charge in [-0.3, -0.25) is 0 Å². The van der Waals surface area contributed by atoms with Crippen molar-refractivity contribution in [3.8, 4) is 5.75 Å². The van der Waals surface area contributed by atoms with E-state index in [1.807, 2.05) is 33.8 Å². The monoisotopic (exact) mass is 196 g/mol. The van der Waals surface area contributed by atoms with Crippen LogP contribution in [0.4, 0.5) is 4.39 Å². The lowest BCUT2D eigenvalue weighted by atomic mass is 10.1. The van der Waals surface area contributed by atoms with Crippen LogP contribution in [0, 0.1) is 19.7 Å². The van der Waals surface area contributed by atoms with Crippen LogP contribution in [-0.4, -0.2) is 6.10 Å². The van der Waals surface area contributed by atoms with Crippen LogP contribution in [0.1, 0.15) is 31.4 Å². The lowest BCUT2D eigenvalue weighted by Crippen LogP contribution is -2.11. The highest BCUT2D eigenvalue weighted by Crippen LogP contribution is 2.25. The second-order valence-corrected chi connectivity index (χ2v) is 3.73. The second-order valence-electron chi connectivity index (χ2n) is 3.73. The lowest BCUT2D eigenvalue weighted by molar-refractivity contribution is 0.206. The van der Waals surface area contributed by atoms with Crippen molar-refractivity contribution >= 4 is 0 Å². The van der Waals surface area contributed by atoms with E-state index >= 15 is 0 Å². The SMILES string of the molecule is CC[C@H](C)Oc1c(C)cc(C)cc1F. The number of ether oxygens (including phenoxy) is 1. The first-order valence-corrected chi connectivity index (χ1v) is 4.98. The molecule has 0 saturated heterocycles. The molecule has 0 unspecified atom stereocenters. The Hall–Kier alpha value is -1.05. The molecule has 0 aliphatic carbocycles. The predicted molar refractivity (Wildman–Crippen MR) is 56.3 cm³/mol. The first-order chi connectivity index (χ1) is 6.54. The Morgan fingerprint density at radius 1 is 1.36 bits per heavy atom. The molecule has 0 amide bonds. The van der Waals surface area contributed by atoms with E-state index in [4.69, 9.17) is 4.74 Å². The number of benzene rings is 1. The Bertz CT molecular complexity index is 297. The summed E-state index contributed by atoms with van der Waals surface area (Å²) in [6, 6.07) is 3.44.